The van der Waals surface area contributed by atoms with E-state index in [-0.39, 0.29) is 32.7 Å². The first kappa shape index (κ1) is 15.3. The topological polar surface area (TPSA) is 115 Å². The van der Waals surface area contributed by atoms with E-state index in [4.69, 9.17) is 16.1 Å². The van der Waals surface area contributed by atoms with Gasteiger partial charge >= 0.3 is 0 Å². The average Bonchev–Trinajstić information content (AvgIpc) is 2.71. The Morgan fingerprint density at radius 2 is 2.05 bits per heavy atom. The molecule has 1 heterocycles. The summed E-state index contributed by atoms with van der Waals surface area (Å²) in [4.78, 5) is 9.96. The first-order valence-electron chi connectivity index (χ1n) is 5.62. The number of nitro groups is 1. The molecule has 0 aliphatic carbocycles. The Morgan fingerprint density at radius 1 is 1.38 bits per heavy atom. The largest absolute Gasteiger partial charge is 0.360 e. The predicted octanol–water partition coefficient (Wildman–Crippen LogP) is 2.65. The molecule has 0 saturated heterocycles. The molecule has 2 rings (SSSR count). The molecule has 112 valence electrons. The zero-order valence-electron chi connectivity index (χ0n) is 11.0. The molecule has 0 spiro atoms. The highest BCUT2D eigenvalue weighted by Gasteiger charge is 2.25. The first-order chi connectivity index (χ1) is 9.72. The molecule has 1 N–H and O–H groups in total. The molecule has 0 amide bonds. The molecule has 8 nitrogen and oxygen atoms in total. The third kappa shape index (κ3) is 2.98. The van der Waals surface area contributed by atoms with Gasteiger partial charge in [-0.05, 0) is 19.9 Å². The molecule has 0 bridgehead atoms. The minimum absolute atomic E-state index is 0.0379. The van der Waals surface area contributed by atoms with Crippen molar-refractivity contribution < 1.29 is 17.9 Å². The quantitative estimate of drug-likeness (QED) is 0.680. The molecule has 0 unspecified atom stereocenters. The van der Waals surface area contributed by atoms with Crippen molar-refractivity contribution in [2.45, 2.75) is 18.7 Å². The molecular weight excluding hydrogens is 322 g/mol. The van der Waals surface area contributed by atoms with Gasteiger partial charge in [0.2, 0.25) is 0 Å². The summed E-state index contributed by atoms with van der Waals surface area (Å²) in [7, 11) is -4.01. The zero-order valence-corrected chi connectivity index (χ0v) is 12.5. The summed E-state index contributed by atoms with van der Waals surface area (Å²) in [6, 6.07) is 3.46. The summed E-state index contributed by atoms with van der Waals surface area (Å²) in [6.07, 6.45) is 0. The number of hydrogen-bond donors (Lipinski definition) is 1. The van der Waals surface area contributed by atoms with E-state index < -0.39 is 14.9 Å². The van der Waals surface area contributed by atoms with Gasteiger partial charge in [-0.1, -0.05) is 16.8 Å². The van der Waals surface area contributed by atoms with Gasteiger partial charge in [-0.2, -0.15) is 0 Å². The van der Waals surface area contributed by atoms with E-state index in [0.29, 0.717) is 0 Å². The molecule has 0 atom stereocenters. The summed E-state index contributed by atoms with van der Waals surface area (Å²) in [5.74, 6) is 0.113. The number of nitrogens with zero attached hydrogens (tertiary/aromatic N) is 2. The summed E-state index contributed by atoms with van der Waals surface area (Å²) >= 11 is 5.86. The Bertz CT molecular complexity index is 796. The second kappa shape index (κ2) is 5.34. The third-order valence-corrected chi connectivity index (χ3v) is 4.58. The van der Waals surface area contributed by atoms with Gasteiger partial charge in [0.1, 0.15) is 5.69 Å². The zero-order chi connectivity index (χ0) is 15.8. The van der Waals surface area contributed by atoms with Crippen molar-refractivity contribution in [1.82, 2.24) is 5.16 Å². The molecule has 0 aliphatic rings. The molecule has 0 saturated carbocycles. The van der Waals surface area contributed by atoms with Crippen LogP contribution in [0, 0.1) is 24.0 Å². The van der Waals surface area contributed by atoms with Crippen molar-refractivity contribution in [3.63, 3.8) is 0 Å². The van der Waals surface area contributed by atoms with Gasteiger partial charge < -0.3 is 4.52 Å². The van der Waals surface area contributed by atoms with E-state index in [2.05, 4.69) is 9.88 Å². The Morgan fingerprint density at radius 3 is 2.57 bits per heavy atom. The molecule has 1 aromatic heterocycles. The van der Waals surface area contributed by atoms with Gasteiger partial charge in [-0.3, -0.25) is 14.8 Å². The van der Waals surface area contributed by atoms with Gasteiger partial charge in [-0.15, -0.1) is 0 Å². The number of aryl methyl sites for hydroxylation is 2. The van der Waals surface area contributed by atoms with Crippen LogP contribution in [0.3, 0.4) is 0 Å². The summed E-state index contributed by atoms with van der Waals surface area (Å²) in [5, 5.41) is 14.3. The van der Waals surface area contributed by atoms with Crippen molar-refractivity contribution >= 4 is 33.0 Å². The number of benzene rings is 1. The van der Waals surface area contributed by atoms with E-state index in [9.17, 15) is 18.5 Å². The maximum atomic E-state index is 12.3. The highest BCUT2D eigenvalue weighted by Crippen LogP contribution is 2.30. The minimum Gasteiger partial charge on any atom is -0.360 e. The van der Waals surface area contributed by atoms with E-state index in [1.807, 2.05) is 0 Å². The standard InChI is InChI=1S/C11H10ClN3O5S/c1-6-11(7(2)20-13-6)21(18,19)14-10-5-8(15(16)17)3-4-9(10)12/h3-5,14H,1-2H3. The number of hydrogen-bond acceptors (Lipinski definition) is 6. The Kier molecular flexibility index (Phi) is 3.88. The molecular formula is C11H10ClN3O5S. The lowest BCUT2D eigenvalue weighted by Crippen LogP contribution is -2.15. The average molecular weight is 332 g/mol. The highest BCUT2D eigenvalue weighted by atomic mass is 35.5. The van der Waals surface area contributed by atoms with Gasteiger partial charge in [0, 0.05) is 12.1 Å². The number of halogens is 1. The van der Waals surface area contributed by atoms with E-state index in [0.717, 1.165) is 6.07 Å². The van der Waals surface area contributed by atoms with E-state index in [1.54, 1.807) is 0 Å². The van der Waals surface area contributed by atoms with Crippen molar-refractivity contribution in [1.29, 1.82) is 0 Å². The number of nitro benzene ring substituents is 1. The Hall–Kier alpha value is -2.13. The van der Waals surface area contributed by atoms with Crippen molar-refractivity contribution in [2.24, 2.45) is 0 Å². The Balaban J connectivity index is 2.46. The summed E-state index contributed by atoms with van der Waals surface area (Å²) in [6.45, 7) is 2.92. The molecule has 0 fully saturated rings. The molecule has 0 radical (unpaired) electrons. The number of non-ortho nitro benzene ring substituents is 1. The highest BCUT2D eigenvalue weighted by molar-refractivity contribution is 7.92. The number of aromatic nitrogens is 1. The van der Waals surface area contributed by atoms with Gasteiger partial charge in [-0.25, -0.2) is 8.42 Å². The smallest absolute Gasteiger partial charge is 0.271 e. The van der Waals surface area contributed by atoms with E-state index >= 15 is 0 Å². The number of anilines is 1. The van der Waals surface area contributed by atoms with Crippen molar-refractivity contribution in [3.8, 4) is 0 Å². The van der Waals surface area contributed by atoms with Crippen LogP contribution in [0.2, 0.25) is 5.02 Å². The monoisotopic (exact) mass is 331 g/mol. The molecule has 0 aliphatic heterocycles. The maximum absolute atomic E-state index is 12.3. The lowest BCUT2D eigenvalue weighted by atomic mass is 10.3. The second-order valence-corrected chi connectivity index (χ2v) is 6.21. The molecule has 1 aromatic carbocycles. The lowest BCUT2D eigenvalue weighted by molar-refractivity contribution is -0.384. The van der Waals surface area contributed by atoms with E-state index in [1.165, 1.54) is 26.0 Å². The normalized spacial score (nSPS) is 11.4. The van der Waals surface area contributed by atoms with Crippen LogP contribution in [0.25, 0.3) is 0 Å². The number of rotatable bonds is 4. The lowest BCUT2D eigenvalue weighted by Gasteiger charge is -2.09. The first-order valence-corrected chi connectivity index (χ1v) is 7.48. The second-order valence-electron chi connectivity index (χ2n) is 4.18. The SMILES string of the molecule is Cc1noc(C)c1S(=O)(=O)Nc1cc([N+](=O)[O-])ccc1Cl. The fraction of sp³-hybridized carbons (Fsp3) is 0.182. The van der Waals surface area contributed by atoms with Crippen LogP contribution in [0.5, 0.6) is 0 Å². The minimum atomic E-state index is -4.01. The van der Waals surface area contributed by atoms with Gasteiger partial charge in [0.15, 0.2) is 10.7 Å². The fourth-order valence-electron chi connectivity index (χ4n) is 1.76. The van der Waals surface area contributed by atoms with Gasteiger partial charge in [0.05, 0.1) is 15.6 Å². The fourth-order valence-corrected chi connectivity index (χ4v) is 3.38. The Labute approximate surface area is 124 Å². The van der Waals surface area contributed by atoms with Crippen LogP contribution < -0.4 is 4.72 Å². The maximum Gasteiger partial charge on any atom is 0.271 e. The number of sulfonamides is 1. The van der Waals surface area contributed by atoms with Crippen LogP contribution in [0.4, 0.5) is 11.4 Å². The third-order valence-electron chi connectivity index (χ3n) is 2.64. The summed E-state index contributed by atoms with van der Waals surface area (Å²) in [5.41, 5.74) is -0.191. The van der Waals surface area contributed by atoms with Crippen LogP contribution in [0.15, 0.2) is 27.6 Å². The van der Waals surface area contributed by atoms with Crippen LogP contribution in [-0.4, -0.2) is 18.5 Å². The predicted molar refractivity (Wildman–Crippen MR) is 74.9 cm³/mol. The van der Waals surface area contributed by atoms with Gasteiger partial charge in [0.25, 0.3) is 15.7 Å². The molecule has 21 heavy (non-hydrogen) atoms. The number of nitrogens with one attached hydrogen (secondary N) is 1. The van der Waals surface area contributed by atoms with Crippen LogP contribution in [0.1, 0.15) is 11.5 Å². The van der Waals surface area contributed by atoms with Crippen molar-refractivity contribution in [3.05, 3.63) is 44.8 Å². The molecule has 2 aromatic rings. The van der Waals surface area contributed by atoms with Crippen LogP contribution in [-0.2, 0) is 10.0 Å². The molecule has 10 heteroatoms. The summed E-state index contributed by atoms with van der Waals surface area (Å²) < 4.78 is 31.6. The van der Waals surface area contributed by atoms with Crippen LogP contribution >= 0.6 is 11.6 Å². The van der Waals surface area contributed by atoms with Crippen molar-refractivity contribution in [2.75, 3.05) is 4.72 Å².